The fourth-order valence-electron chi connectivity index (χ4n) is 3.15. The van der Waals surface area contributed by atoms with Gasteiger partial charge in [-0.1, -0.05) is 30.3 Å². The first kappa shape index (κ1) is 16.4. The van der Waals surface area contributed by atoms with Crippen LogP contribution in [0.25, 0.3) is 0 Å². The molecule has 1 atom stereocenters. The number of hydrogen-bond donors (Lipinski definition) is 2. The van der Waals surface area contributed by atoms with E-state index in [-0.39, 0.29) is 18.0 Å². The molecular weight excluding hydrogens is 304 g/mol. The first-order valence-corrected chi connectivity index (χ1v) is 8.21. The van der Waals surface area contributed by atoms with E-state index in [0.717, 1.165) is 19.5 Å². The smallest absolute Gasteiger partial charge is 0.251 e. The quantitative estimate of drug-likeness (QED) is 0.865. The molecule has 1 saturated heterocycles. The molecule has 0 aliphatic carbocycles. The van der Waals surface area contributed by atoms with Crippen LogP contribution in [0.1, 0.15) is 29.4 Å². The Hall–Kier alpha value is -2.47. The van der Waals surface area contributed by atoms with Crippen molar-refractivity contribution in [2.45, 2.75) is 25.8 Å². The Morgan fingerprint density at radius 1 is 1.38 bits per heavy atom. The maximum absolute atomic E-state index is 12.1. The molecule has 3 rings (SSSR count). The van der Waals surface area contributed by atoms with Gasteiger partial charge in [0.25, 0.3) is 5.56 Å². The molecular formula is C18H22N4O2. The third-order valence-electron chi connectivity index (χ3n) is 4.29. The molecule has 1 aromatic carbocycles. The highest BCUT2D eigenvalue weighted by molar-refractivity contribution is 5.78. The largest absolute Gasteiger partial charge is 0.349 e. The summed E-state index contributed by atoms with van der Waals surface area (Å²) >= 11 is 0. The van der Waals surface area contributed by atoms with Crippen molar-refractivity contribution in [1.29, 1.82) is 0 Å². The Kier molecular flexibility index (Phi) is 5.05. The summed E-state index contributed by atoms with van der Waals surface area (Å²) in [7, 11) is 0. The van der Waals surface area contributed by atoms with Gasteiger partial charge in [-0.15, -0.1) is 0 Å². The number of aromatic nitrogens is 2. The lowest BCUT2D eigenvalue weighted by atomic mass is 9.99. The molecule has 0 bridgehead atoms. The molecule has 1 aliphatic rings. The number of nitrogens with zero attached hydrogens (tertiary/aromatic N) is 2. The Balaban J connectivity index is 1.48. The number of rotatable bonds is 5. The Bertz CT molecular complexity index is 757. The number of carbonyl (C=O) groups excluding carboxylic acids is 1. The highest BCUT2D eigenvalue weighted by atomic mass is 16.2. The standard InChI is InChI=1S/C18H22N4O2/c1-13-20-16(9-17(23)21-13)10-19-18(24)12-22-8-7-15(11-22)14-5-3-2-4-6-14/h2-6,9,15H,7-8,10-12H2,1H3,(H,19,24)(H,20,21,23). The summed E-state index contributed by atoms with van der Waals surface area (Å²) in [6.07, 6.45) is 1.08. The van der Waals surface area contributed by atoms with Crippen LogP contribution in [0.2, 0.25) is 0 Å². The fourth-order valence-corrected chi connectivity index (χ4v) is 3.15. The van der Waals surface area contributed by atoms with E-state index in [0.29, 0.717) is 24.0 Å². The monoisotopic (exact) mass is 326 g/mol. The van der Waals surface area contributed by atoms with Crippen LogP contribution in [0.5, 0.6) is 0 Å². The lowest BCUT2D eigenvalue weighted by Gasteiger charge is -2.16. The predicted octanol–water partition coefficient (Wildman–Crippen LogP) is 1.18. The minimum absolute atomic E-state index is 0.0385. The predicted molar refractivity (Wildman–Crippen MR) is 91.7 cm³/mol. The molecule has 126 valence electrons. The van der Waals surface area contributed by atoms with Gasteiger partial charge >= 0.3 is 0 Å². The number of aryl methyl sites for hydroxylation is 1. The number of aromatic amines is 1. The second kappa shape index (κ2) is 7.40. The summed E-state index contributed by atoms with van der Waals surface area (Å²) in [4.78, 5) is 32.5. The Morgan fingerprint density at radius 3 is 2.92 bits per heavy atom. The molecule has 1 amide bonds. The molecule has 24 heavy (non-hydrogen) atoms. The minimum Gasteiger partial charge on any atom is -0.349 e. The number of likely N-dealkylation sites (tertiary alicyclic amines) is 1. The SMILES string of the molecule is Cc1nc(CNC(=O)CN2CCC(c3ccccc3)C2)cc(=O)[nH]1. The van der Waals surface area contributed by atoms with Crippen LogP contribution in [0, 0.1) is 6.92 Å². The summed E-state index contributed by atoms with van der Waals surface area (Å²) in [6, 6.07) is 11.8. The second-order valence-electron chi connectivity index (χ2n) is 6.23. The highest BCUT2D eigenvalue weighted by Gasteiger charge is 2.24. The van der Waals surface area contributed by atoms with Crippen molar-refractivity contribution >= 4 is 5.91 Å². The molecule has 6 nitrogen and oxygen atoms in total. The van der Waals surface area contributed by atoms with Crippen molar-refractivity contribution in [3.8, 4) is 0 Å². The summed E-state index contributed by atoms with van der Waals surface area (Å²) in [6.45, 7) is 4.21. The molecule has 2 heterocycles. The van der Waals surface area contributed by atoms with E-state index in [2.05, 4.69) is 44.5 Å². The molecule has 0 spiro atoms. The number of nitrogens with one attached hydrogen (secondary N) is 2. The second-order valence-corrected chi connectivity index (χ2v) is 6.23. The van der Waals surface area contributed by atoms with E-state index < -0.39 is 0 Å². The van der Waals surface area contributed by atoms with Gasteiger partial charge in [0.2, 0.25) is 5.91 Å². The van der Waals surface area contributed by atoms with E-state index in [1.54, 1.807) is 6.92 Å². The van der Waals surface area contributed by atoms with E-state index in [1.165, 1.54) is 11.6 Å². The van der Waals surface area contributed by atoms with Gasteiger partial charge in [0.05, 0.1) is 18.8 Å². The maximum Gasteiger partial charge on any atom is 0.251 e. The van der Waals surface area contributed by atoms with Gasteiger partial charge in [0.15, 0.2) is 0 Å². The first-order chi connectivity index (χ1) is 11.6. The highest BCUT2D eigenvalue weighted by Crippen LogP contribution is 2.26. The molecule has 2 N–H and O–H groups in total. The summed E-state index contributed by atoms with van der Waals surface area (Å²) in [5, 5.41) is 2.84. The zero-order valence-corrected chi connectivity index (χ0v) is 13.8. The number of benzene rings is 1. The van der Waals surface area contributed by atoms with Gasteiger partial charge in [-0.2, -0.15) is 0 Å². The van der Waals surface area contributed by atoms with Crippen LogP contribution in [0.4, 0.5) is 0 Å². The number of amides is 1. The zero-order chi connectivity index (χ0) is 16.9. The summed E-state index contributed by atoms with van der Waals surface area (Å²) in [5.41, 5.74) is 1.72. The summed E-state index contributed by atoms with van der Waals surface area (Å²) < 4.78 is 0. The third-order valence-corrected chi connectivity index (χ3v) is 4.29. The van der Waals surface area contributed by atoms with E-state index in [9.17, 15) is 9.59 Å². The molecule has 1 unspecified atom stereocenters. The molecule has 0 radical (unpaired) electrons. The average molecular weight is 326 g/mol. The van der Waals surface area contributed by atoms with Gasteiger partial charge in [-0.05, 0) is 31.4 Å². The molecule has 2 aromatic rings. The van der Waals surface area contributed by atoms with Crippen molar-refractivity contribution in [2.75, 3.05) is 19.6 Å². The van der Waals surface area contributed by atoms with Crippen molar-refractivity contribution in [1.82, 2.24) is 20.2 Å². The minimum atomic E-state index is -0.197. The van der Waals surface area contributed by atoms with Crippen LogP contribution < -0.4 is 10.9 Å². The lowest BCUT2D eigenvalue weighted by molar-refractivity contribution is -0.122. The van der Waals surface area contributed by atoms with Crippen molar-refractivity contribution < 1.29 is 4.79 Å². The number of H-pyrrole nitrogens is 1. The zero-order valence-electron chi connectivity index (χ0n) is 13.8. The van der Waals surface area contributed by atoms with Gasteiger partial charge in [-0.3, -0.25) is 14.5 Å². The molecule has 6 heteroatoms. The lowest BCUT2D eigenvalue weighted by Crippen LogP contribution is -2.36. The fraction of sp³-hybridized carbons (Fsp3) is 0.389. The van der Waals surface area contributed by atoms with Gasteiger partial charge < -0.3 is 10.3 Å². The number of hydrogen-bond acceptors (Lipinski definition) is 4. The molecule has 0 saturated carbocycles. The Labute approximate surface area is 140 Å². The van der Waals surface area contributed by atoms with Gasteiger partial charge in [-0.25, -0.2) is 4.98 Å². The normalized spacial score (nSPS) is 17.8. The van der Waals surface area contributed by atoms with Gasteiger partial charge in [0.1, 0.15) is 5.82 Å². The van der Waals surface area contributed by atoms with Crippen LogP contribution >= 0.6 is 0 Å². The average Bonchev–Trinajstić information content (AvgIpc) is 3.01. The van der Waals surface area contributed by atoms with Crippen molar-refractivity contribution in [3.63, 3.8) is 0 Å². The topological polar surface area (TPSA) is 78.1 Å². The maximum atomic E-state index is 12.1. The van der Waals surface area contributed by atoms with Crippen molar-refractivity contribution in [3.05, 3.63) is 63.8 Å². The molecule has 1 aromatic heterocycles. The third kappa shape index (κ3) is 4.29. The van der Waals surface area contributed by atoms with E-state index in [4.69, 9.17) is 0 Å². The van der Waals surface area contributed by atoms with Crippen LogP contribution in [0.3, 0.4) is 0 Å². The van der Waals surface area contributed by atoms with Crippen LogP contribution in [0.15, 0.2) is 41.2 Å². The van der Waals surface area contributed by atoms with Crippen LogP contribution in [-0.2, 0) is 11.3 Å². The molecule has 1 fully saturated rings. The van der Waals surface area contributed by atoms with Gasteiger partial charge in [0, 0.05) is 12.6 Å². The molecule has 1 aliphatic heterocycles. The Morgan fingerprint density at radius 2 is 2.17 bits per heavy atom. The van der Waals surface area contributed by atoms with E-state index >= 15 is 0 Å². The van der Waals surface area contributed by atoms with E-state index in [1.807, 2.05) is 6.07 Å². The first-order valence-electron chi connectivity index (χ1n) is 8.21. The summed E-state index contributed by atoms with van der Waals surface area (Å²) in [5.74, 6) is 1.01. The number of carbonyl (C=O) groups is 1. The van der Waals surface area contributed by atoms with Crippen LogP contribution in [-0.4, -0.2) is 40.4 Å². The van der Waals surface area contributed by atoms with Crippen molar-refractivity contribution in [2.24, 2.45) is 0 Å².